The number of esters is 1. The Bertz CT molecular complexity index is 328. The lowest BCUT2D eigenvalue weighted by atomic mass is 9.97. The molecule has 5 heteroatoms. The molecule has 1 amide bonds. The van der Waals surface area contributed by atoms with Crippen LogP contribution in [0.4, 0.5) is 0 Å². The van der Waals surface area contributed by atoms with Crippen LogP contribution in [0.5, 0.6) is 0 Å². The fraction of sp³-hybridized carbons (Fsp3) is 0.692. The van der Waals surface area contributed by atoms with Gasteiger partial charge in [-0.15, -0.1) is 6.42 Å². The molecule has 0 spiro atoms. The highest BCUT2D eigenvalue weighted by atomic mass is 16.5. The van der Waals surface area contributed by atoms with E-state index in [0.717, 1.165) is 25.9 Å². The summed E-state index contributed by atoms with van der Waals surface area (Å²) in [6.45, 7) is 4.33. The smallest absolute Gasteiger partial charge is 0.309 e. The van der Waals surface area contributed by atoms with Crippen molar-refractivity contribution in [1.82, 2.24) is 10.2 Å². The molecule has 0 aliphatic carbocycles. The third-order valence-electron chi connectivity index (χ3n) is 2.96. The van der Waals surface area contributed by atoms with Crippen LogP contribution in [0.25, 0.3) is 0 Å². The predicted octanol–water partition coefficient (Wildman–Crippen LogP) is 0.0109. The number of nitrogens with one attached hydrogen (secondary N) is 1. The Labute approximate surface area is 108 Å². The van der Waals surface area contributed by atoms with Crippen LogP contribution in [0.15, 0.2) is 0 Å². The van der Waals surface area contributed by atoms with Crippen molar-refractivity contribution >= 4 is 11.9 Å². The van der Waals surface area contributed by atoms with Gasteiger partial charge in [-0.3, -0.25) is 14.5 Å². The van der Waals surface area contributed by atoms with Gasteiger partial charge in [0, 0.05) is 0 Å². The minimum Gasteiger partial charge on any atom is -0.466 e. The summed E-state index contributed by atoms with van der Waals surface area (Å²) in [6, 6.07) is 0. The first-order valence-electron chi connectivity index (χ1n) is 6.26. The highest BCUT2D eigenvalue weighted by Gasteiger charge is 2.26. The zero-order valence-corrected chi connectivity index (χ0v) is 10.8. The Kier molecular flexibility index (Phi) is 6.23. The fourth-order valence-electron chi connectivity index (χ4n) is 2.00. The first-order valence-corrected chi connectivity index (χ1v) is 6.26. The lowest BCUT2D eigenvalue weighted by Crippen LogP contribution is -2.43. The van der Waals surface area contributed by atoms with Gasteiger partial charge in [-0.2, -0.15) is 0 Å². The van der Waals surface area contributed by atoms with Crippen molar-refractivity contribution in [2.45, 2.75) is 19.8 Å². The molecule has 1 heterocycles. The van der Waals surface area contributed by atoms with Crippen molar-refractivity contribution in [3.05, 3.63) is 0 Å². The van der Waals surface area contributed by atoms with Crippen LogP contribution >= 0.6 is 0 Å². The number of nitrogens with zero attached hydrogens (tertiary/aromatic N) is 1. The summed E-state index contributed by atoms with van der Waals surface area (Å²) >= 11 is 0. The molecule has 1 aliphatic heterocycles. The van der Waals surface area contributed by atoms with Crippen LogP contribution in [0.3, 0.4) is 0 Å². The van der Waals surface area contributed by atoms with Crippen molar-refractivity contribution in [2.75, 3.05) is 32.8 Å². The molecule has 100 valence electrons. The van der Waals surface area contributed by atoms with Crippen LogP contribution in [-0.2, 0) is 14.3 Å². The number of hydrogen-bond acceptors (Lipinski definition) is 4. The SMILES string of the molecule is C#CCNC(=O)CN1CCC(C(=O)OCC)CC1. The summed E-state index contributed by atoms with van der Waals surface area (Å²) in [6.07, 6.45) is 6.56. The third kappa shape index (κ3) is 4.76. The van der Waals surface area contributed by atoms with Crippen LogP contribution in [0.2, 0.25) is 0 Å². The second-order valence-corrected chi connectivity index (χ2v) is 4.28. The van der Waals surface area contributed by atoms with Gasteiger partial charge in [0.15, 0.2) is 0 Å². The zero-order chi connectivity index (χ0) is 13.4. The number of hydrogen-bond donors (Lipinski definition) is 1. The Morgan fingerprint density at radius 3 is 2.67 bits per heavy atom. The van der Waals surface area contributed by atoms with E-state index in [4.69, 9.17) is 11.2 Å². The second-order valence-electron chi connectivity index (χ2n) is 4.28. The van der Waals surface area contributed by atoms with E-state index >= 15 is 0 Å². The molecule has 0 aromatic rings. The molecule has 1 fully saturated rings. The molecular weight excluding hydrogens is 232 g/mol. The molecule has 1 rings (SSSR count). The molecule has 1 N–H and O–H groups in total. The van der Waals surface area contributed by atoms with Gasteiger partial charge in [-0.25, -0.2) is 0 Å². The largest absolute Gasteiger partial charge is 0.466 e. The van der Waals surface area contributed by atoms with Gasteiger partial charge in [0.2, 0.25) is 5.91 Å². The molecule has 0 saturated carbocycles. The topological polar surface area (TPSA) is 58.6 Å². The summed E-state index contributed by atoms with van der Waals surface area (Å²) < 4.78 is 4.99. The van der Waals surface area contributed by atoms with E-state index in [1.54, 1.807) is 0 Å². The van der Waals surface area contributed by atoms with Crippen molar-refractivity contribution in [3.63, 3.8) is 0 Å². The van der Waals surface area contributed by atoms with Gasteiger partial charge < -0.3 is 10.1 Å². The van der Waals surface area contributed by atoms with Gasteiger partial charge in [-0.1, -0.05) is 5.92 Å². The summed E-state index contributed by atoms with van der Waals surface area (Å²) in [5.41, 5.74) is 0. The highest BCUT2D eigenvalue weighted by Crippen LogP contribution is 2.18. The lowest BCUT2D eigenvalue weighted by Gasteiger charge is -2.30. The molecule has 0 aromatic heterocycles. The molecule has 0 radical (unpaired) electrons. The molecule has 18 heavy (non-hydrogen) atoms. The van der Waals surface area contributed by atoms with Gasteiger partial charge in [0.25, 0.3) is 0 Å². The molecule has 5 nitrogen and oxygen atoms in total. The molecule has 0 bridgehead atoms. The Balaban J connectivity index is 2.25. The zero-order valence-electron chi connectivity index (χ0n) is 10.8. The van der Waals surface area contributed by atoms with E-state index in [9.17, 15) is 9.59 Å². The first-order chi connectivity index (χ1) is 8.67. The Morgan fingerprint density at radius 2 is 2.11 bits per heavy atom. The molecule has 0 unspecified atom stereocenters. The van der Waals surface area contributed by atoms with Crippen molar-refractivity contribution in [1.29, 1.82) is 0 Å². The van der Waals surface area contributed by atoms with Gasteiger partial charge in [0.1, 0.15) is 0 Å². The Morgan fingerprint density at radius 1 is 1.44 bits per heavy atom. The highest BCUT2D eigenvalue weighted by molar-refractivity contribution is 5.78. The molecule has 0 aromatic carbocycles. The van der Waals surface area contributed by atoms with E-state index < -0.39 is 0 Å². The number of piperidine rings is 1. The van der Waals surface area contributed by atoms with Gasteiger partial charge in [0.05, 0.1) is 25.6 Å². The maximum atomic E-state index is 11.5. The fourth-order valence-corrected chi connectivity index (χ4v) is 2.00. The first kappa shape index (κ1) is 14.5. The van der Waals surface area contributed by atoms with Crippen LogP contribution in [0.1, 0.15) is 19.8 Å². The van der Waals surface area contributed by atoms with E-state index in [1.807, 2.05) is 11.8 Å². The van der Waals surface area contributed by atoms with E-state index in [1.165, 1.54) is 0 Å². The van der Waals surface area contributed by atoms with E-state index in [2.05, 4.69) is 11.2 Å². The maximum Gasteiger partial charge on any atom is 0.309 e. The number of amides is 1. The van der Waals surface area contributed by atoms with Crippen molar-refractivity contribution < 1.29 is 14.3 Å². The minimum absolute atomic E-state index is 0.0185. The number of ether oxygens (including phenoxy) is 1. The summed E-state index contributed by atoms with van der Waals surface area (Å²) in [7, 11) is 0. The van der Waals surface area contributed by atoms with Crippen LogP contribution in [-0.4, -0.2) is 49.6 Å². The number of carbonyl (C=O) groups excluding carboxylic acids is 2. The molecule has 0 atom stereocenters. The summed E-state index contributed by atoms with van der Waals surface area (Å²) in [4.78, 5) is 25.0. The van der Waals surface area contributed by atoms with E-state index in [0.29, 0.717) is 13.2 Å². The number of rotatable bonds is 5. The van der Waals surface area contributed by atoms with Crippen LogP contribution in [0, 0.1) is 18.3 Å². The number of carbonyl (C=O) groups is 2. The second kappa shape index (κ2) is 7.72. The standard InChI is InChI=1S/C13H20N2O3/c1-3-7-14-12(16)10-15-8-5-11(6-9-15)13(17)18-4-2/h1,11H,4-10H2,2H3,(H,14,16). The van der Waals surface area contributed by atoms with Gasteiger partial charge in [-0.05, 0) is 32.9 Å². The normalized spacial score (nSPS) is 16.9. The average molecular weight is 252 g/mol. The maximum absolute atomic E-state index is 11.5. The molecule has 1 aliphatic rings. The monoisotopic (exact) mass is 252 g/mol. The summed E-state index contributed by atoms with van der Waals surface area (Å²) in [5.74, 6) is 2.16. The van der Waals surface area contributed by atoms with Gasteiger partial charge >= 0.3 is 5.97 Å². The lowest BCUT2D eigenvalue weighted by molar-refractivity contribution is -0.149. The Hall–Kier alpha value is -1.54. The number of likely N-dealkylation sites (tertiary alicyclic amines) is 1. The number of terminal acetylenes is 1. The molecule has 1 saturated heterocycles. The van der Waals surface area contributed by atoms with Crippen molar-refractivity contribution in [3.8, 4) is 12.3 Å². The van der Waals surface area contributed by atoms with E-state index in [-0.39, 0.29) is 24.3 Å². The summed E-state index contributed by atoms with van der Waals surface area (Å²) in [5, 5.41) is 2.63. The molecular formula is C13H20N2O3. The third-order valence-corrected chi connectivity index (χ3v) is 2.96. The van der Waals surface area contributed by atoms with Crippen molar-refractivity contribution in [2.24, 2.45) is 5.92 Å². The predicted molar refractivity (Wildman–Crippen MR) is 67.6 cm³/mol. The quantitative estimate of drug-likeness (QED) is 0.553. The average Bonchev–Trinajstić information content (AvgIpc) is 2.37. The van der Waals surface area contributed by atoms with Crippen LogP contribution < -0.4 is 5.32 Å². The minimum atomic E-state index is -0.117.